The number of aromatic amines is 1. The van der Waals surface area contributed by atoms with Crippen LogP contribution in [0.15, 0.2) is 24.5 Å². The first-order chi connectivity index (χ1) is 11.2. The van der Waals surface area contributed by atoms with Crippen molar-refractivity contribution in [2.75, 3.05) is 35.7 Å². The maximum atomic E-state index is 12.2. The van der Waals surface area contributed by atoms with Crippen LogP contribution in [0.3, 0.4) is 0 Å². The second kappa shape index (κ2) is 8.17. The number of nitrogens with zero attached hydrogens (tertiary/aromatic N) is 3. The average molecular weight is 316 g/mol. The van der Waals surface area contributed by atoms with Crippen LogP contribution >= 0.6 is 0 Å². The third kappa shape index (κ3) is 4.21. The summed E-state index contributed by atoms with van der Waals surface area (Å²) in [6, 6.07) is 3.81. The van der Waals surface area contributed by atoms with Gasteiger partial charge in [0.2, 0.25) is 0 Å². The van der Waals surface area contributed by atoms with Gasteiger partial charge in [-0.15, -0.1) is 0 Å². The molecule has 1 amide bonds. The molecule has 0 fully saturated rings. The summed E-state index contributed by atoms with van der Waals surface area (Å²) in [5, 5.41) is 12.2. The van der Waals surface area contributed by atoms with E-state index in [1.807, 2.05) is 12.1 Å². The maximum Gasteiger partial charge on any atom is 0.276 e. The number of rotatable bonds is 8. The van der Waals surface area contributed by atoms with E-state index in [-0.39, 0.29) is 5.91 Å². The minimum Gasteiger partial charge on any atom is -0.385 e. The summed E-state index contributed by atoms with van der Waals surface area (Å²) in [6.45, 7) is 6.32. The van der Waals surface area contributed by atoms with Gasteiger partial charge in [0.1, 0.15) is 11.5 Å². The summed E-state index contributed by atoms with van der Waals surface area (Å²) in [4.78, 5) is 18.8. The summed E-state index contributed by atoms with van der Waals surface area (Å²) in [7, 11) is 1.74. The molecule has 7 heteroatoms. The quantitative estimate of drug-likeness (QED) is 0.697. The lowest BCUT2D eigenvalue weighted by molar-refractivity contribution is 0.102. The van der Waals surface area contributed by atoms with Crippen molar-refractivity contribution in [3.05, 3.63) is 30.2 Å². The fraction of sp³-hybridized carbons (Fsp3) is 0.438. The summed E-state index contributed by atoms with van der Waals surface area (Å²) in [5.41, 5.74) is 2.11. The number of hydrogen-bond donors (Lipinski definition) is 3. The molecule has 0 aromatic carbocycles. The number of carbonyl (C=O) groups is 1. The molecule has 0 aliphatic carbocycles. The number of carbonyl (C=O) groups excluding carboxylic acids is 1. The molecular formula is C16H24N6O. The molecule has 2 aromatic rings. The van der Waals surface area contributed by atoms with Gasteiger partial charge in [-0.3, -0.25) is 9.89 Å². The highest BCUT2D eigenvalue weighted by Gasteiger charge is 2.14. The van der Waals surface area contributed by atoms with Crippen molar-refractivity contribution in [3.63, 3.8) is 0 Å². The zero-order chi connectivity index (χ0) is 16.7. The highest BCUT2D eigenvalue weighted by Crippen LogP contribution is 2.17. The Morgan fingerprint density at radius 3 is 2.52 bits per heavy atom. The van der Waals surface area contributed by atoms with Crippen molar-refractivity contribution in [2.45, 2.75) is 26.7 Å². The van der Waals surface area contributed by atoms with E-state index in [1.54, 1.807) is 19.4 Å². The number of aromatic nitrogens is 3. The molecule has 0 radical (unpaired) electrons. The van der Waals surface area contributed by atoms with Crippen LogP contribution in [-0.4, -0.2) is 41.2 Å². The van der Waals surface area contributed by atoms with Crippen molar-refractivity contribution in [1.29, 1.82) is 0 Å². The van der Waals surface area contributed by atoms with E-state index in [4.69, 9.17) is 0 Å². The molecule has 2 rings (SSSR count). The number of pyridine rings is 1. The number of anilines is 3. The van der Waals surface area contributed by atoms with Gasteiger partial charge in [-0.25, -0.2) is 4.98 Å². The van der Waals surface area contributed by atoms with Gasteiger partial charge in [0.25, 0.3) is 5.91 Å². The predicted octanol–water partition coefficient (Wildman–Crippen LogP) is 2.73. The van der Waals surface area contributed by atoms with Crippen LogP contribution in [0.1, 0.15) is 37.2 Å². The molecule has 0 atom stereocenters. The first kappa shape index (κ1) is 16.8. The Bertz CT molecular complexity index is 616. The Balaban J connectivity index is 2.06. The van der Waals surface area contributed by atoms with E-state index >= 15 is 0 Å². The standard InChI is InChI=1S/C16H24N6O/c1-4-8-22(9-5-2)12-6-7-14(18-10-12)20-16(23)15-13(17-3)11-19-21-15/h6-7,10-11,17H,4-5,8-9H2,1-3H3,(H,19,21)(H,18,20,23). The molecule has 2 aromatic heterocycles. The van der Waals surface area contributed by atoms with Gasteiger partial charge in [0.15, 0.2) is 0 Å². The SMILES string of the molecule is CCCN(CCC)c1ccc(NC(=O)c2[nH]ncc2NC)nc1. The van der Waals surface area contributed by atoms with Gasteiger partial charge < -0.3 is 15.5 Å². The van der Waals surface area contributed by atoms with Crippen molar-refractivity contribution in [3.8, 4) is 0 Å². The van der Waals surface area contributed by atoms with E-state index in [0.29, 0.717) is 17.2 Å². The molecular weight excluding hydrogens is 292 g/mol. The van der Waals surface area contributed by atoms with E-state index in [1.165, 1.54) is 0 Å². The fourth-order valence-electron chi connectivity index (χ4n) is 2.38. The highest BCUT2D eigenvalue weighted by atomic mass is 16.2. The van der Waals surface area contributed by atoms with Crippen LogP contribution in [0.25, 0.3) is 0 Å². The maximum absolute atomic E-state index is 12.2. The lowest BCUT2D eigenvalue weighted by Crippen LogP contribution is -2.25. The first-order valence-electron chi connectivity index (χ1n) is 7.93. The third-order valence-electron chi connectivity index (χ3n) is 3.48. The molecule has 0 aliphatic rings. The van der Waals surface area contributed by atoms with E-state index in [2.05, 4.69) is 44.6 Å². The van der Waals surface area contributed by atoms with Gasteiger partial charge in [0.05, 0.1) is 23.8 Å². The van der Waals surface area contributed by atoms with Crippen molar-refractivity contribution >= 4 is 23.1 Å². The second-order valence-corrected chi connectivity index (χ2v) is 5.25. The first-order valence-corrected chi connectivity index (χ1v) is 7.93. The van der Waals surface area contributed by atoms with Crippen molar-refractivity contribution in [1.82, 2.24) is 15.2 Å². The number of H-pyrrole nitrogens is 1. The van der Waals surface area contributed by atoms with Crippen LogP contribution in [0, 0.1) is 0 Å². The molecule has 3 N–H and O–H groups in total. The molecule has 23 heavy (non-hydrogen) atoms. The van der Waals surface area contributed by atoms with Crippen LogP contribution in [0.5, 0.6) is 0 Å². The van der Waals surface area contributed by atoms with Crippen LogP contribution in [-0.2, 0) is 0 Å². The highest BCUT2D eigenvalue weighted by molar-refractivity contribution is 6.06. The predicted molar refractivity (Wildman–Crippen MR) is 93.1 cm³/mol. The Morgan fingerprint density at radius 1 is 1.22 bits per heavy atom. The molecule has 124 valence electrons. The average Bonchev–Trinajstić information content (AvgIpc) is 3.04. The Hall–Kier alpha value is -2.57. The van der Waals surface area contributed by atoms with Gasteiger partial charge in [-0.2, -0.15) is 5.10 Å². The van der Waals surface area contributed by atoms with Crippen molar-refractivity contribution < 1.29 is 4.79 Å². The third-order valence-corrected chi connectivity index (χ3v) is 3.48. The van der Waals surface area contributed by atoms with Gasteiger partial charge >= 0.3 is 0 Å². The number of hydrogen-bond acceptors (Lipinski definition) is 5. The normalized spacial score (nSPS) is 10.4. The van der Waals surface area contributed by atoms with E-state index < -0.39 is 0 Å². The topological polar surface area (TPSA) is 85.9 Å². The number of nitrogens with one attached hydrogen (secondary N) is 3. The molecule has 7 nitrogen and oxygen atoms in total. The largest absolute Gasteiger partial charge is 0.385 e. The zero-order valence-electron chi connectivity index (χ0n) is 13.9. The van der Waals surface area contributed by atoms with Crippen LogP contribution in [0.4, 0.5) is 17.2 Å². The van der Waals surface area contributed by atoms with Crippen LogP contribution < -0.4 is 15.5 Å². The minimum absolute atomic E-state index is 0.272. The van der Waals surface area contributed by atoms with Gasteiger partial charge in [0, 0.05) is 20.1 Å². The Morgan fingerprint density at radius 2 is 1.96 bits per heavy atom. The summed E-state index contributed by atoms with van der Waals surface area (Å²) >= 11 is 0. The molecule has 0 bridgehead atoms. The summed E-state index contributed by atoms with van der Waals surface area (Å²) in [5.74, 6) is 0.245. The van der Waals surface area contributed by atoms with Crippen molar-refractivity contribution in [2.24, 2.45) is 0 Å². The van der Waals surface area contributed by atoms with E-state index in [9.17, 15) is 4.79 Å². The summed E-state index contributed by atoms with van der Waals surface area (Å²) < 4.78 is 0. The fourth-order valence-corrected chi connectivity index (χ4v) is 2.38. The second-order valence-electron chi connectivity index (χ2n) is 5.25. The molecule has 0 saturated carbocycles. The van der Waals surface area contributed by atoms with Gasteiger partial charge in [-0.05, 0) is 25.0 Å². The monoisotopic (exact) mass is 316 g/mol. The molecule has 0 aliphatic heterocycles. The lowest BCUT2D eigenvalue weighted by Gasteiger charge is -2.23. The summed E-state index contributed by atoms with van der Waals surface area (Å²) in [6.07, 6.45) is 5.54. The molecule has 0 unspecified atom stereocenters. The Labute approximate surface area is 136 Å². The minimum atomic E-state index is -0.272. The zero-order valence-corrected chi connectivity index (χ0v) is 13.9. The number of amides is 1. The van der Waals surface area contributed by atoms with Gasteiger partial charge in [-0.1, -0.05) is 13.8 Å². The molecule has 2 heterocycles. The van der Waals surface area contributed by atoms with E-state index in [0.717, 1.165) is 31.6 Å². The smallest absolute Gasteiger partial charge is 0.276 e. The Kier molecular flexibility index (Phi) is 5.96. The molecule has 0 spiro atoms. The lowest BCUT2D eigenvalue weighted by atomic mass is 10.3. The van der Waals surface area contributed by atoms with Crippen LogP contribution in [0.2, 0.25) is 0 Å². The molecule has 0 saturated heterocycles.